The third kappa shape index (κ3) is 4.04. The van der Waals surface area contributed by atoms with E-state index in [9.17, 15) is 9.18 Å². The van der Waals surface area contributed by atoms with Gasteiger partial charge in [0.25, 0.3) is 0 Å². The summed E-state index contributed by atoms with van der Waals surface area (Å²) in [6.45, 7) is 2.15. The van der Waals surface area contributed by atoms with Crippen LogP contribution in [0.15, 0.2) is 24.4 Å². The molecule has 1 aromatic carbocycles. The van der Waals surface area contributed by atoms with Crippen LogP contribution in [0, 0.1) is 11.6 Å². The van der Waals surface area contributed by atoms with Gasteiger partial charge < -0.3 is 14.7 Å². The minimum absolute atomic E-state index is 0.000275. The molecule has 1 amide bonds. The summed E-state index contributed by atoms with van der Waals surface area (Å²) in [6, 6.07) is 3.55. The van der Waals surface area contributed by atoms with Gasteiger partial charge in [0.15, 0.2) is 10.9 Å². The Morgan fingerprint density at radius 3 is 2.70 bits per heavy atom. The first-order valence-corrected chi connectivity index (χ1v) is 9.94. The van der Waals surface area contributed by atoms with Crippen LogP contribution in [0.3, 0.4) is 0 Å². The number of amides is 1. The van der Waals surface area contributed by atoms with Crippen molar-refractivity contribution in [2.75, 3.05) is 36.5 Å². The molecule has 3 aromatic rings. The Morgan fingerprint density at radius 1 is 1.23 bits per heavy atom. The van der Waals surface area contributed by atoms with Gasteiger partial charge in [-0.1, -0.05) is 11.3 Å². The van der Waals surface area contributed by atoms with Crippen LogP contribution in [0.2, 0.25) is 5.28 Å². The van der Waals surface area contributed by atoms with Crippen molar-refractivity contribution in [1.29, 1.82) is 0 Å². The van der Waals surface area contributed by atoms with Crippen LogP contribution >= 0.6 is 22.9 Å². The second-order valence-corrected chi connectivity index (χ2v) is 7.51. The molecule has 0 saturated carbocycles. The minimum Gasteiger partial charge on any atom is -0.465 e. The van der Waals surface area contributed by atoms with Crippen molar-refractivity contribution in [2.24, 2.45) is 0 Å². The van der Waals surface area contributed by atoms with E-state index in [1.807, 2.05) is 10.2 Å². The molecule has 1 aliphatic heterocycles. The van der Waals surface area contributed by atoms with Crippen LogP contribution in [-0.2, 0) is 4.74 Å². The molecule has 0 atom stereocenters. The summed E-state index contributed by atoms with van der Waals surface area (Å²) in [6.07, 6.45) is -0.0425. The lowest BCUT2D eigenvalue weighted by atomic mass is 10.1. The number of hydrogen-bond donors (Lipinski definition) is 2. The lowest BCUT2D eigenvalue weighted by Crippen LogP contribution is -2.36. The molecular formula is C18H14ClF2N5O3S. The van der Waals surface area contributed by atoms with E-state index in [1.165, 1.54) is 17.5 Å². The molecule has 12 heteroatoms. The average Bonchev–Trinajstić information content (AvgIpc) is 3.16. The number of aromatic nitrogens is 3. The molecule has 0 aliphatic carbocycles. The molecular weight excluding hydrogens is 440 g/mol. The fourth-order valence-electron chi connectivity index (χ4n) is 2.98. The predicted molar refractivity (Wildman–Crippen MR) is 108 cm³/mol. The number of ether oxygens (including phenoxy) is 1. The van der Waals surface area contributed by atoms with Crippen molar-refractivity contribution in [3.63, 3.8) is 0 Å². The van der Waals surface area contributed by atoms with Gasteiger partial charge in [0, 0.05) is 19.3 Å². The van der Waals surface area contributed by atoms with Gasteiger partial charge in [-0.05, 0) is 29.8 Å². The predicted octanol–water partition coefficient (Wildman–Crippen LogP) is 4.13. The van der Waals surface area contributed by atoms with Crippen LogP contribution in [0.4, 0.5) is 24.4 Å². The van der Waals surface area contributed by atoms with E-state index in [2.05, 4.69) is 15.0 Å². The van der Waals surface area contributed by atoms with E-state index in [1.54, 1.807) is 6.07 Å². The fraction of sp³-hybridized carbons (Fsp3) is 0.222. The average molecular weight is 454 g/mol. The molecule has 3 heterocycles. The van der Waals surface area contributed by atoms with E-state index in [-0.39, 0.29) is 16.7 Å². The SMILES string of the molecule is O=C(O)Nc1ccc(F)c(-c2nc(N3CCOCC3)sc2-c2ccnc(Cl)n2)c1F. The summed E-state index contributed by atoms with van der Waals surface area (Å²) in [5, 5.41) is 11.4. The topological polar surface area (TPSA) is 100 Å². The molecule has 1 fully saturated rings. The Hall–Kier alpha value is -2.89. The molecule has 2 aromatic heterocycles. The number of halogens is 3. The number of hydrogen-bond acceptors (Lipinski definition) is 7. The molecule has 2 N–H and O–H groups in total. The molecule has 156 valence electrons. The maximum Gasteiger partial charge on any atom is 0.409 e. The Kier molecular flexibility index (Phi) is 5.75. The molecule has 8 nitrogen and oxygen atoms in total. The van der Waals surface area contributed by atoms with Gasteiger partial charge in [-0.3, -0.25) is 5.32 Å². The lowest BCUT2D eigenvalue weighted by molar-refractivity contribution is 0.122. The monoisotopic (exact) mass is 453 g/mol. The molecule has 0 bridgehead atoms. The van der Waals surface area contributed by atoms with Gasteiger partial charge >= 0.3 is 6.09 Å². The van der Waals surface area contributed by atoms with E-state index >= 15 is 4.39 Å². The number of carbonyl (C=O) groups is 1. The van der Waals surface area contributed by atoms with E-state index < -0.39 is 23.3 Å². The first kappa shape index (κ1) is 20.4. The zero-order valence-electron chi connectivity index (χ0n) is 15.2. The molecule has 0 radical (unpaired) electrons. The second-order valence-electron chi connectivity index (χ2n) is 6.20. The van der Waals surface area contributed by atoms with E-state index in [4.69, 9.17) is 21.4 Å². The maximum absolute atomic E-state index is 15.1. The number of morpholine rings is 1. The number of anilines is 2. The van der Waals surface area contributed by atoms with Crippen LogP contribution in [0.1, 0.15) is 0 Å². The zero-order chi connectivity index (χ0) is 21.3. The first-order valence-electron chi connectivity index (χ1n) is 8.75. The van der Waals surface area contributed by atoms with Gasteiger partial charge in [-0.15, -0.1) is 0 Å². The Labute approximate surface area is 178 Å². The number of nitrogens with one attached hydrogen (secondary N) is 1. The quantitative estimate of drug-likeness (QED) is 0.573. The highest BCUT2D eigenvalue weighted by molar-refractivity contribution is 7.19. The Bertz CT molecular complexity index is 1110. The Morgan fingerprint density at radius 2 is 2.00 bits per heavy atom. The lowest BCUT2D eigenvalue weighted by Gasteiger charge is -2.26. The highest BCUT2D eigenvalue weighted by Gasteiger charge is 2.26. The smallest absolute Gasteiger partial charge is 0.409 e. The van der Waals surface area contributed by atoms with Crippen LogP contribution in [0.25, 0.3) is 21.8 Å². The highest BCUT2D eigenvalue weighted by atomic mass is 35.5. The Balaban J connectivity index is 1.90. The summed E-state index contributed by atoms with van der Waals surface area (Å²) in [7, 11) is 0. The third-order valence-electron chi connectivity index (χ3n) is 4.33. The van der Waals surface area contributed by atoms with Gasteiger partial charge in [0.2, 0.25) is 5.28 Å². The molecule has 1 aliphatic rings. The van der Waals surface area contributed by atoms with Crippen LogP contribution in [-0.4, -0.2) is 52.5 Å². The van der Waals surface area contributed by atoms with E-state index in [0.717, 1.165) is 12.1 Å². The van der Waals surface area contributed by atoms with Gasteiger partial charge in [0.1, 0.15) is 5.82 Å². The number of rotatable bonds is 4. The first-order chi connectivity index (χ1) is 14.4. The van der Waals surface area contributed by atoms with Gasteiger partial charge in [-0.2, -0.15) is 0 Å². The molecule has 4 rings (SSSR count). The fourth-order valence-corrected chi connectivity index (χ4v) is 4.23. The maximum atomic E-state index is 15.1. The van der Waals surface area contributed by atoms with Crippen molar-refractivity contribution in [1.82, 2.24) is 15.0 Å². The standard InChI is InChI=1S/C18H14ClF2N5O3S/c19-16-22-4-3-11(23-16)15-14(25-17(30-15)26-5-7-29-8-6-26)12-9(20)1-2-10(13(12)21)24-18(27)28/h1-4,24H,5-8H2,(H,27,28). The largest absolute Gasteiger partial charge is 0.465 e. The summed E-state index contributed by atoms with van der Waals surface area (Å²) >= 11 is 7.11. The summed E-state index contributed by atoms with van der Waals surface area (Å²) in [5.41, 5.74) is -0.494. The number of nitrogens with zero attached hydrogens (tertiary/aromatic N) is 4. The minimum atomic E-state index is -1.47. The molecule has 0 unspecified atom stereocenters. The number of benzene rings is 1. The summed E-state index contributed by atoms with van der Waals surface area (Å²) in [5.74, 6) is -1.96. The molecule has 0 spiro atoms. The van der Waals surface area contributed by atoms with Crippen molar-refractivity contribution in [3.8, 4) is 21.8 Å². The normalized spacial score (nSPS) is 14.0. The molecule has 30 heavy (non-hydrogen) atoms. The van der Waals surface area contributed by atoms with Gasteiger partial charge in [0.05, 0.1) is 40.7 Å². The summed E-state index contributed by atoms with van der Waals surface area (Å²) in [4.78, 5) is 25.7. The van der Waals surface area contributed by atoms with Gasteiger partial charge in [-0.25, -0.2) is 28.5 Å². The molecule has 1 saturated heterocycles. The summed E-state index contributed by atoms with van der Waals surface area (Å²) < 4.78 is 35.2. The third-order valence-corrected chi connectivity index (χ3v) is 5.65. The number of thiazole rings is 1. The van der Waals surface area contributed by atoms with Crippen LogP contribution in [0.5, 0.6) is 0 Å². The van der Waals surface area contributed by atoms with Crippen molar-refractivity contribution < 1.29 is 23.4 Å². The van der Waals surface area contributed by atoms with Crippen molar-refractivity contribution >= 4 is 39.8 Å². The van der Waals surface area contributed by atoms with E-state index in [0.29, 0.717) is 42.0 Å². The van der Waals surface area contributed by atoms with Crippen molar-refractivity contribution in [3.05, 3.63) is 41.3 Å². The van der Waals surface area contributed by atoms with Crippen LogP contribution < -0.4 is 10.2 Å². The second kappa shape index (κ2) is 8.46. The highest BCUT2D eigenvalue weighted by Crippen LogP contribution is 2.42. The zero-order valence-corrected chi connectivity index (χ0v) is 16.8. The van der Waals surface area contributed by atoms with Crippen molar-refractivity contribution in [2.45, 2.75) is 0 Å². The number of carboxylic acid groups (broad SMARTS) is 1.